The summed E-state index contributed by atoms with van der Waals surface area (Å²) in [6.45, 7) is 6.13. The molecule has 0 aliphatic heterocycles. The number of fused-ring (bicyclic) bond motifs is 1. The number of hydrogen-bond donors (Lipinski definition) is 0. The largest absolute Gasteiger partial charge is 0.489 e. The van der Waals surface area contributed by atoms with E-state index < -0.39 is 0 Å². The molecule has 1 aromatic heterocycles. The molecule has 0 bridgehead atoms. The first-order chi connectivity index (χ1) is 11.0. The monoisotopic (exact) mass is 370 g/mol. The maximum atomic E-state index is 12.7. The Morgan fingerprint density at radius 1 is 1.22 bits per heavy atom. The zero-order valence-electron chi connectivity index (χ0n) is 12.6. The van der Waals surface area contributed by atoms with Crippen molar-refractivity contribution in [3.05, 3.63) is 75.6 Å². The lowest BCUT2D eigenvalue weighted by Gasteiger charge is -2.07. The molecule has 0 spiro atoms. The van der Waals surface area contributed by atoms with Crippen LogP contribution in [0.1, 0.15) is 6.92 Å². The zero-order valence-corrected chi connectivity index (χ0v) is 14.2. The molecule has 0 saturated heterocycles. The third-order valence-electron chi connectivity index (χ3n) is 3.39. The highest BCUT2D eigenvalue weighted by Crippen LogP contribution is 2.24. The first kappa shape index (κ1) is 15.6. The van der Waals surface area contributed by atoms with E-state index in [1.807, 2.05) is 31.2 Å². The van der Waals surface area contributed by atoms with Gasteiger partial charge in [0.2, 0.25) is 0 Å². The highest BCUT2D eigenvalue weighted by Gasteiger charge is 2.10. The predicted octanol–water partition coefficient (Wildman–Crippen LogP) is 5.18. The fraction of sp³-hybridized carbons (Fsp3) is 0.105. The molecular formula is C19H15BrO3. The van der Waals surface area contributed by atoms with Crippen LogP contribution in [0.5, 0.6) is 5.75 Å². The third-order valence-corrected chi connectivity index (χ3v) is 3.92. The summed E-state index contributed by atoms with van der Waals surface area (Å²) >= 11 is 3.39. The molecule has 116 valence electrons. The van der Waals surface area contributed by atoms with Crippen molar-refractivity contribution >= 4 is 26.9 Å². The molecule has 0 saturated carbocycles. The fourth-order valence-corrected chi connectivity index (χ4v) is 2.50. The van der Waals surface area contributed by atoms with E-state index in [-0.39, 0.29) is 5.43 Å². The first-order valence-corrected chi connectivity index (χ1v) is 7.92. The van der Waals surface area contributed by atoms with Crippen molar-refractivity contribution in [2.24, 2.45) is 0 Å². The molecule has 2 aromatic carbocycles. The van der Waals surface area contributed by atoms with Gasteiger partial charge in [0.05, 0.1) is 10.9 Å². The Hall–Kier alpha value is -2.33. The summed E-state index contributed by atoms with van der Waals surface area (Å²) < 4.78 is 12.2. The Kier molecular flexibility index (Phi) is 4.35. The quantitative estimate of drug-likeness (QED) is 0.594. The average molecular weight is 371 g/mol. The Balaban J connectivity index is 2.02. The van der Waals surface area contributed by atoms with Crippen LogP contribution < -0.4 is 10.2 Å². The standard InChI is InChI=1S/C19H15BrO3/c1-12(2)10-22-15-7-8-16-18(9-15)23-11-17(19(16)21)13-3-5-14(20)6-4-13/h3-9,11H,1,10H2,2H3. The first-order valence-electron chi connectivity index (χ1n) is 7.13. The van der Waals surface area contributed by atoms with Gasteiger partial charge in [-0.2, -0.15) is 0 Å². The number of rotatable bonds is 4. The molecule has 0 fully saturated rings. The maximum absolute atomic E-state index is 12.7. The molecule has 3 rings (SSSR count). The van der Waals surface area contributed by atoms with Gasteiger partial charge in [0.25, 0.3) is 0 Å². The summed E-state index contributed by atoms with van der Waals surface area (Å²) in [5.41, 5.74) is 2.75. The second-order valence-electron chi connectivity index (χ2n) is 5.39. The van der Waals surface area contributed by atoms with Crippen LogP contribution >= 0.6 is 15.9 Å². The second-order valence-corrected chi connectivity index (χ2v) is 6.30. The van der Waals surface area contributed by atoms with E-state index in [9.17, 15) is 4.79 Å². The number of hydrogen-bond acceptors (Lipinski definition) is 3. The minimum absolute atomic E-state index is 0.0555. The molecule has 0 amide bonds. The highest BCUT2D eigenvalue weighted by molar-refractivity contribution is 9.10. The number of benzene rings is 2. The van der Waals surface area contributed by atoms with Crippen molar-refractivity contribution in [3.8, 4) is 16.9 Å². The van der Waals surface area contributed by atoms with Gasteiger partial charge in [0.1, 0.15) is 24.2 Å². The van der Waals surface area contributed by atoms with E-state index in [0.717, 1.165) is 15.6 Å². The predicted molar refractivity (Wildman–Crippen MR) is 95.9 cm³/mol. The van der Waals surface area contributed by atoms with Crippen molar-refractivity contribution < 1.29 is 9.15 Å². The summed E-state index contributed by atoms with van der Waals surface area (Å²) in [5, 5.41) is 0.535. The molecular weight excluding hydrogens is 356 g/mol. The highest BCUT2D eigenvalue weighted by atomic mass is 79.9. The van der Waals surface area contributed by atoms with Crippen LogP contribution in [0.2, 0.25) is 0 Å². The molecule has 0 radical (unpaired) electrons. The van der Waals surface area contributed by atoms with E-state index in [4.69, 9.17) is 9.15 Å². The van der Waals surface area contributed by atoms with E-state index in [1.54, 1.807) is 18.2 Å². The molecule has 4 heteroatoms. The van der Waals surface area contributed by atoms with Crippen LogP contribution in [-0.4, -0.2) is 6.61 Å². The summed E-state index contributed by atoms with van der Waals surface area (Å²) in [5.74, 6) is 0.653. The van der Waals surface area contributed by atoms with Gasteiger partial charge < -0.3 is 9.15 Å². The lowest BCUT2D eigenvalue weighted by atomic mass is 10.1. The topological polar surface area (TPSA) is 39.4 Å². The normalized spacial score (nSPS) is 10.7. The van der Waals surface area contributed by atoms with Gasteiger partial charge >= 0.3 is 0 Å². The molecule has 0 aliphatic carbocycles. The fourth-order valence-electron chi connectivity index (χ4n) is 2.23. The van der Waals surface area contributed by atoms with Gasteiger partial charge in [-0.1, -0.05) is 34.6 Å². The van der Waals surface area contributed by atoms with E-state index >= 15 is 0 Å². The van der Waals surface area contributed by atoms with Crippen LogP contribution in [0.3, 0.4) is 0 Å². The van der Waals surface area contributed by atoms with Crippen molar-refractivity contribution in [2.75, 3.05) is 6.61 Å². The van der Waals surface area contributed by atoms with Crippen LogP contribution in [0.4, 0.5) is 0 Å². The van der Waals surface area contributed by atoms with E-state index in [1.165, 1.54) is 6.26 Å². The Morgan fingerprint density at radius 3 is 2.65 bits per heavy atom. The Labute approximate surface area is 142 Å². The van der Waals surface area contributed by atoms with Crippen molar-refractivity contribution in [2.45, 2.75) is 6.92 Å². The lowest BCUT2D eigenvalue weighted by Crippen LogP contribution is -2.05. The minimum Gasteiger partial charge on any atom is -0.489 e. The van der Waals surface area contributed by atoms with Gasteiger partial charge in [0, 0.05) is 10.5 Å². The van der Waals surface area contributed by atoms with Crippen LogP contribution in [-0.2, 0) is 0 Å². The summed E-state index contributed by atoms with van der Waals surface area (Å²) in [7, 11) is 0. The van der Waals surface area contributed by atoms with Gasteiger partial charge in [-0.15, -0.1) is 0 Å². The van der Waals surface area contributed by atoms with Gasteiger partial charge in [-0.05, 0) is 42.3 Å². The molecule has 23 heavy (non-hydrogen) atoms. The second kappa shape index (κ2) is 6.42. The van der Waals surface area contributed by atoms with E-state index in [0.29, 0.717) is 28.9 Å². The molecule has 3 nitrogen and oxygen atoms in total. The molecule has 3 aromatic rings. The lowest BCUT2D eigenvalue weighted by molar-refractivity contribution is 0.352. The Morgan fingerprint density at radius 2 is 1.96 bits per heavy atom. The minimum atomic E-state index is -0.0555. The Bertz CT molecular complexity index is 923. The summed E-state index contributed by atoms with van der Waals surface area (Å²) in [6, 6.07) is 12.8. The molecule has 0 atom stereocenters. The van der Waals surface area contributed by atoms with Crippen molar-refractivity contribution in [1.29, 1.82) is 0 Å². The summed E-state index contributed by atoms with van der Waals surface area (Å²) in [4.78, 5) is 12.7. The van der Waals surface area contributed by atoms with Crippen molar-refractivity contribution in [1.82, 2.24) is 0 Å². The summed E-state index contributed by atoms with van der Waals surface area (Å²) in [6.07, 6.45) is 1.50. The molecule has 1 heterocycles. The van der Waals surface area contributed by atoms with E-state index in [2.05, 4.69) is 22.5 Å². The van der Waals surface area contributed by atoms with Gasteiger partial charge in [0.15, 0.2) is 5.43 Å². The molecule has 0 unspecified atom stereocenters. The average Bonchev–Trinajstić information content (AvgIpc) is 2.54. The van der Waals surface area contributed by atoms with Crippen LogP contribution in [0.15, 0.2) is 74.6 Å². The third kappa shape index (κ3) is 3.37. The maximum Gasteiger partial charge on any atom is 0.200 e. The zero-order chi connectivity index (χ0) is 16.4. The molecule has 0 aliphatic rings. The van der Waals surface area contributed by atoms with Crippen molar-refractivity contribution in [3.63, 3.8) is 0 Å². The smallest absolute Gasteiger partial charge is 0.200 e. The van der Waals surface area contributed by atoms with Gasteiger partial charge in [-0.3, -0.25) is 4.79 Å². The molecule has 0 N–H and O–H groups in total. The number of ether oxygens (including phenoxy) is 1. The SMILES string of the molecule is C=C(C)COc1ccc2c(=O)c(-c3ccc(Br)cc3)coc2c1. The van der Waals surface area contributed by atoms with Crippen LogP contribution in [0.25, 0.3) is 22.1 Å². The van der Waals surface area contributed by atoms with Crippen LogP contribution in [0, 0.1) is 0 Å². The number of halogens is 1. The van der Waals surface area contributed by atoms with Gasteiger partial charge in [-0.25, -0.2) is 0 Å².